The zero-order valence-corrected chi connectivity index (χ0v) is 18.8. The van der Waals surface area contributed by atoms with Gasteiger partial charge in [-0.1, -0.05) is 49.6 Å². The summed E-state index contributed by atoms with van der Waals surface area (Å²) in [7, 11) is 3.23. The van der Waals surface area contributed by atoms with E-state index in [0.717, 1.165) is 44.7 Å². The van der Waals surface area contributed by atoms with E-state index in [2.05, 4.69) is 58.5 Å². The number of rotatable bonds is 10. The maximum atomic E-state index is 11.0. The summed E-state index contributed by atoms with van der Waals surface area (Å²) in [4.78, 5) is 15.3. The lowest BCUT2D eigenvalue weighted by Crippen LogP contribution is -2.39. The second-order valence-corrected chi connectivity index (χ2v) is 6.44. The van der Waals surface area contributed by atoms with E-state index in [4.69, 9.17) is 0 Å². The van der Waals surface area contributed by atoms with Crippen molar-refractivity contribution < 1.29 is 9.53 Å². The van der Waals surface area contributed by atoms with Crippen LogP contribution >= 0.6 is 24.0 Å². The van der Waals surface area contributed by atoms with Gasteiger partial charge in [0.2, 0.25) is 0 Å². The minimum absolute atomic E-state index is 0. The Kier molecular flexibility index (Phi) is 14.1. The number of methoxy groups -OCH3 is 1. The van der Waals surface area contributed by atoms with Gasteiger partial charge in [0, 0.05) is 26.6 Å². The number of nitrogens with zero attached hydrogens (tertiary/aromatic N) is 1. The largest absolute Gasteiger partial charge is 0.469 e. The number of aryl methyl sites for hydroxylation is 1. The Labute approximate surface area is 175 Å². The molecule has 0 aliphatic heterocycles. The third-order valence-corrected chi connectivity index (χ3v) is 4.24. The van der Waals surface area contributed by atoms with E-state index in [1.165, 1.54) is 18.2 Å². The van der Waals surface area contributed by atoms with Crippen LogP contribution in [0.2, 0.25) is 0 Å². The van der Waals surface area contributed by atoms with Gasteiger partial charge in [-0.05, 0) is 31.2 Å². The van der Waals surface area contributed by atoms with Crippen LogP contribution in [0, 0.1) is 6.92 Å². The molecule has 1 aromatic rings. The minimum Gasteiger partial charge on any atom is -0.469 e. The van der Waals surface area contributed by atoms with Gasteiger partial charge in [-0.3, -0.25) is 9.79 Å². The summed E-state index contributed by atoms with van der Waals surface area (Å²) in [6.45, 7) is 6.07. The van der Waals surface area contributed by atoms with Gasteiger partial charge in [0.15, 0.2) is 5.96 Å². The summed E-state index contributed by atoms with van der Waals surface area (Å²) in [6, 6.07) is 8.63. The van der Waals surface area contributed by atoms with Crippen LogP contribution in [-0.2, 0) is 9.53 Å². The van der Waals surface area contributed by atoms with Gasteiger partial charge in [-0.15, -0.1) is 24.0 Å². The van der Waals surface area contributed by atoms with Crippen LogP contribution in [0.1, 0.15) is 56.1 Å². The molecule has 1 aromatic carbocycles. The molecule has 148 valence electrons. The first-order valence-corrected chi connectivity index (χ1v) is 9.14. The number of hydrogen-bond acceptors (Lipinski definition) is 3. The maximum absolute atomic E-state index is 11.0. The normalized spacial score (nSPS) is 12.1. The van der Waals surface area contributed by atoms with Gasteiger partial charge in [0.25, 0.3) is 0 Å². The number of nitrogens with one attached hydrogen (secondary N) is 2. The number of guanidine groups is 1. The number of unbranched alkanes of at least 4 members (excludes halogenated alkanes) is 3. The molecule has 0 saturated heterocycles. The molecule has 0 aliphatic carbocycles. The fraction of sp³-hybridized carbons (Fsp3) is 0.600. The first-order valence-electron chi connectivity index (χ1n) is 9.14. The Balaban J connectivity index is 0.00000625. The second kappa shape index (κ2) is 14.8. The van der Waals surface area contributed by atoms with Crippen LogP contribution in [-0.4, -0.2) is 39.2 Å². The van der Waals surface area contributed by atoms with E-state index < -0.39 is 0 Å². The number of ether oxygens (including phenoxy) is 1. The molecule has 6 heteroatoms. The molecule has 0 amide bonds. The van der Waals surface area contributed by atoms with Crippen LogP contribution in [0.25, 0.3) is 0 Å². The SMILES string of the molecule is CN=C(NCCCCCCC(=O)OC)NCC(C)c1cccc(C)c1.I. The maximum Gasteiger partial charge on any atom is 0.305 e. The molecule has 0 spiro atoms. The fourth-order valence-electron chi connectivity index (χ4n) is 2.62. The molecule has 26 heavy (non-hydrogen) atoms. The second-order valence-electron chi connectivity index (χ2n) is 6.44. The molecule has 5 nitrogen and oxygen atoms in total. The zero-order valence-electron chi connectivity index (χ0n) is 16.5. The van der Waals surface area contributed by atoms with Gasteiger partial charge in [-0.25, -0.2) is 0 Å². The van der Waals surface area contributed by atoms with Crippen molar-refractivity contribution in [2.75, 3.05) is 27.2 Å². The van der Waals surface area contributed by atoms with Crippen molar-refractivity contribution in [1.82, 2.24) is 10.6 Å². The Morgan fingerprint density at radius 1 is 1.19 bits per heavy atom. The van der Waals surface area contributed by atoms with Crippen molar-refractivity contribution in [3.8, 4) is 0 Å². The van der Waals surface area contributed by atoms with Crippen molar-refractivity contribution in [2.45, 2.75) is 51.9 Å². The van der Waals surface area contributed by atoms with E-state index in [-0.39, 0.29) is 29.9 Å². The van der Waals surface area contributed by atoms with Crippen molar-refractivity contribution in [3.63, 3.8) is 0 Å². The predicted octanol–water partition coefficient (Wildman–Crippen LogP) is 4.01. The third-order valence-electron chi connectivity index (χ3n) is 4.24. The number of aliphatic imine (C=N–C) groups is 1. The van der Waals surface area contributed by atoms with E-state index >= 15 is 0 Å². The molecule has 0 radical (unpaired) electrons. The average molecular weight is 475 g/mol. The van der Waals surface area contributed by atoms with Gasteiger partial charge >= 0.3 is 5.97 Å². The van der Waals surface area contributed by atoms with Crippen molar-refractivity contribution in [2.24, 2.45) is 4.99 Å². The van der Waals surface area contributed by atoms with E-state index in [1.807, 2.05) is 0 Å². The monoisotopic (exact) mass is 475 g/mol. The van der Waals surface area contributed by atoms with Crippen LogP contribution in [0.3, 0.4) is 0 Å². The standard InChI is InChI=1S/C20H33N3O2.HI/c1-16-10-9-11-18(14-16)17(2)15-23-20(21-3)22-13-8-6-5-7-12-19(24)25-4;/h9-11,14,17H,5-8,12-13,15H2,1-4H3,(H2,21,22,23);1H. The molecule has 0 saturated carbocycles. The zero-order chi connectivity index (χ0) is 18.5. The van der Waals surface area contributed by atoms with Gasteiger partial charge in [0.1, 0.15) is 0 Å². The van der Waals surface area contributed by atoms with Crippen molar-refractivity contribution in [1.29, 1.82) is 0 Å². The molecule has 1 atom stereocenters. The van der Waals surface area contributed by atoms with Crippen LogP contribution < -0.4 is 10.6 Å². The smallest absolute Gasteiger partial charge is 0.305 e. The molecule has 0 bridgehead atoms. The summed E-state index contributed by atoms with van der Waals surface area (Å²) in [5, 5.41) is 6.74. The quantitative estimate of drug-likeness (QED) is 0.177. The molecular formula is C20H34IN3O2. The molecular weight excluding hydrogens is 441 g/mol. The highest BCUT2D eigenvalue weighted by Gasteiger charge is 2.06. The molecule has 0 fully saturated rings. The Hall–Kier alpha value is -1.31. The summed E-state index contributed by atoms with van der Waals surface area (Å²) < 4.78 is 4.63. The van der Waals surface area contributed by atoms with Crippen molar-refractivity contribution >= 4 is 35.9 Å². The van der Waals surface area contributed by atoms with Gasteiger partial charge in [0.05, 0.1) is 7.11 Å². The molecule has 0 aliphatic rings. The Morgan fingerprint density at radius 2 is 1.92 bits per heavy atom. The van der Waals surface area contributed by atoms with E-state index in [9.17, 15) is 4.79 Å². The predicted molar refractivity (Wildman–Crippen MR) is 119 cm³/mol. The molecule has 1 rings (SSSR count). The van der Waals surface area contributed by atoms with Crippen LogP contribution in [0.4, 0.5) is 0 Å². The van der Waals surface area contributed by atoms with E-state index in [1.54, 1.807) is 7.05 Å². The number of esters is 1. The van der Waals surface area contributed by atoms with Gasteiger partial charge < -0.3 is 15.4 Å². The highest BCUT2D eigenvalue weighted by atomic mass is 127. The minimum atomic E-state index is -0.120. The first kappa shape index (κ1) is 24.7. The molecule has 0 heterocycles. The number of hydrogen-bond donors (Lipinski definition) is 2. The number of carbonyl (C=O) groups is 1. The molecule has 1 unspecified atom stereocenters. The lowest BCUT2D eigenvalue weighted by atomic mass is 9.99. The molecule has 2 N–H and O–H groups in total. The number of halogens is 1. The fourth-order valence-corrected chi connectivity index (χ4v) is 2.62. The van der Waals surface area contributed by atoms with Crippen molar-refractivity contribution in [3.05, 3.63) is 35.4 Å². The average Bonchev–Trinajstić information content (AvgIpc) is 2.62. The number of benzene rings is 1. The lowest BCUT2D eigenvalue weighted by molar-refractivity contribution is -0.140. The van der Waals surface area contributed by atoms with E-state index in [0.29, 0.717) is 12.3 Å². The highest BCUT2D eigenvalue weighted by molar-refractivity contribution is 14.0. The summed E-state index contributed by atoms with van der Waals surface area (Å²) >= 11 is 0. The van der Waals surface area contributed by atoms with Crippen LogP contribution in [0.15, 0.2) is 29.3 Å². The first-order chi connectivity index (χ1) is 12.1. The summed E-state index contributed by atoms with van der Waals surface area (Å²) in [6.07, 6.45) is 4.63. The summed E-state index contributed by atoms with van der Waals surface area (Å²) in [5.41, 5.74) is 2.63. The number of carbonyl (C=O) groups excluding carboxylic acids is 1. The topological polar surface area (TPSA) is 62.7 Å². The Bertz CT molecular complexity index is 550. The highest BCUT2D eigenvalue weighted by Crippen LogP contribution is 2.15. The Morgan fingerprint density at radius 3 is 2.58 bits per heavy atom. The van der Waals surface area contributed by atoms with Crippen LogP contribution in [0.5, 0.6) is 0 Å². The lowest BCUT2D eigenvalue weighted by Gasteiger charge is -2.16. The van der Waals surface area contributed by atoms with Gasteiger partial charge in [-0.2, -0.15) is 0 Å². The third kappa shape index (κ3) is 10.6. The molecule has 0 aromatic heterocycles. The summed E-state index contributed by atoms with van der Waals surface area (Å²) in [5.74, 6) is 1.15.